The number of nitrogens with one attached hydrogen (secondary N) is 1. The van der Waals surface area contributed by atoms with Crippen LogP contribution in [0.15, 0.2) is 42.5 Å². The minimum Gasteiger partial charge on any atom is -0.486 e. The molecule has 3 rings (SSSR count). The molecule has 6 nitrogen and oxygen atoms in total. The van der Waals surface area contributed by atoms with E-state index in [9.17, 15) is 9.59 Å². The molecule has 1 N–H and O–H groups in total. The Balaban J connectivity index is 1.43. The van der Waals surface area contributed by atoms with Gasteiger partial charge in [0.1, 0.15) is 12.7 Å². The number of rotatable bonds is 5. The average molecular weight is 396 g/mol. The van der Waals surface area contributed by atoms with Crippen molar-refractivity contribution in [1.29, 1.82) is 0 Å². The van der Waals surface area contributed by atoms with E-state index in [0.29, 0.717) is 23.1 Å². The molecule has 1 aliphatic rings. The lowest BCUT2D eigenvalue weighted by molar-refractivity contribution is -0.124. The number of amides is 1. The van der Waals surface area contributed by atoms with Gasteiger partial charge in [-0.1, -0.05) is 35.3 Å². The van der Waals surface area contributed by atoms with Gasteiger partial charge < -0.3 is 19.5 Å². The van der Waals surface area contributed by atoms with E-state index in [2.05, 4.69) is 5.32 Å². The lowest BCUT2D eigenvalue weighted by Crippen LogP contribution is -2.42. The first-order chi connectivity index (χ1) is 12.5. The molecule has 1 amide bonds. The largest absolute Gasteiger partial charge is 0.486 e. The molecule has 136 valence electrons. The number of benzene rings is 2. The van der Waals surface area contributed by atoms with Crippen molar-refractivity contribution in [2.75, 3.05) is 19.8 Å². The highest BCUT2D eigenvalue weighted by Crippen LogP contribution is 2.30. The highest BCUT2D eigenvalue weighted by molar-refractivity contribution is 6.42. The van der Waals surface area contributed by atoms with Crippen molar-refractivity contribution in [2.45, 2.75) is 6.10 Å². The molecule has 0 unspecified atom stereocenters. The molecule has 1 aliphatic heterocycles. The van der Waals surface area contributed by atoms with Crippen LogP contribution in [0.3, 0.4) is 0 Å². The van der Waals surface area contributed by atoms with E-state index in [1.54, 1.807) is 6.07 Å². The van der Waals surface area contributed by atoms with E-state index >= 15 is 0 Å². The zero-order valence-corrected chi connectivity index (χ0v) is 15.0. The van der Waals surface area contributed by atoms with Crippen LogP contribution in [-0.2, 0) is 9.53 Å². The Morgan fingerprint density at radius 1 is 1.12 bits per heavy atom. The van der Waals surface area contributed by atoms with Gasteiger partial charge in [0.05, 0.1) is 22.2 Å². The molecule has 0 bridgehead atoms. The van der Waals surface area contributed by atoms with Gasteiger partial charge >= 0.3 is 5.97 Å². The molecule has 26 heavy (non-hydrogen) atoms. The van der Waals surface area contributed by atoms with Crippen molar-refractivity contribution >= 4 is 35.1 Å². The van der Waals surface area contributed by atoms with Gasteiger partial charge in [-0.3, -0.25) is 4.79 Å². The van der Waals surface area contributed by atoms with E-state index in [1.807, 2.05) is 18.2 Å². The number of esters is 1. The molecule has 0 saturated carbocycles. The summed E-state index contributed by atoms with van der Waals surface area (Å²) >= 11 is 11.6. The molecule has 8 heteroatoms. The molecule has 1 heterocycles. The van der Waals surface area contributed by atoms with Crippen molar-refractivity contribution in [3.63, 3.8) is 0 Å². The summed E-state index contributed by atoms with van der Waals surface area (Å²) in [6, 6.07) is 11.6. The van der Waals surface area contributed by atoms with Gasteiger partial charge in [-0.05, 0) is 30.3 Å². The van der Waals surface area contributed by atoms with Crippen LogP contribution in [-0.4, -0.2) is 37.7 Å². The summed E-state index contributed by atoms with van der Waals surface area (Å²) in [5.74, 6) is 0.195. The van der Waals surface area contributed by atoms with Crippen molar-refractivity contribution in [1.82, 2.24) is 5.32 Å². The van der Waals surface area contributed by atoms with Crippen LogP contribution >= 0.6 is 23.2 Å². The number of carbonyl (C=O) groups excluding carboxylic acids is 2. The van der Waals surface area contributed by atoms with Crippen LogP contribution in [0.1, 0.15) is 10.4 Å². The second-order valence-corrected chi connectivity index (χ2v) is 6.32. The molecule has 0 aliphatic carbocycles. The Bertz CT molecular complexity index is 827. The number of carbonyl (C=O) groups is 2. The summed E-state index contributed by atoms with van der Waals surface area (Å²) in [5.41, 5.74) is 0.216. The normalized spacial score (nSPS) is 15.2. The number of hydrogen-bond acceptors (Lipinski definition) is 5. The Morgan fingerprint density at radius 3 is 2.65 bits per heavy atom. The van der Waals surface area contributed by atoms with Gasteiger partial charge in [-0.15, -0.1) is 0 Å². The van der Waals surface area contributed by atoms with Crippen LogP contribution < -0.4 is 14.8 Å². The molecule has 0 aromatic heterocycles. The Kier molecular flexibility index (Phi) is 5.85. The maximum Gasteiger partial charge on any atom is 0.338 e. The molecule has 0 radical (unpaired) electrons. The first kappa shape index (κ1) is 18.4. The third kappa shape index (κ3) is 4.59. The predicted octanol–water partition coefficient (Wildman–Crippen LogP) is 3.11. The number of para-hydroxylation sites is 2. The van der Waals surface area contributed by atoms with Crippen LogP contribution in [0.25, 0.3) is 0 Å². The highest BCUT2D eigenvalue weighted by Gasteiger charge is 2.21. The number of fused-ring (bicyclic) bond motifs is 1. The van der Waals surface area contributed by atoms with Crippen LogP contribution in [0.4, 0.5) is 0 Å². The Labute approximate surface area is 159 Å². The number of ether oxygens (including phenoxy) is 3. The first-order valence-electron chi connectivity index (χ1n) is 7.80. The fourth-order valence-electron chi connectivity index (χ4n) is 2.28. The summed E-state index contributed by atoms with van der Waals surface area (Å²) in [6.45, 7) is 0.140. The van der Waals surface area contributed by atoms with Gasteiger partial charge in [-0.2, -0.15) is 0 Å². The van der Waals surface area contributed by atoms with E-state index in [-0.39, 0.29) is 23.2 Å². The number of hydrogen-bond donors (Lipinski definition) is 1. The summed E-state index contributed by atoms with van der Waals surface area (Å²) in [5, 5.41) is 3.21. The molecule has 0 fully saturated rings. The van der Waals surface area contributed by atoms with Crippen molar-refractivity contribution in [3.8, 4) is 11.5 Å². The van der Waals surface area contributed by atoms with E-state index in [0.717, 1.165) is 0 Å². The highest BCUT2D eigenvalue weighted by atomic mass is 35.5. The summed E-state index contributed by atoms with van der Waals surface area (Å²) in [4.78, 5) is 23.8. The minimum atomic E-state index is -0.662. The zero-order valence-electron chi connectivity index (χ0n) is 13.5. The summed E-state index contributed by atoms with van der Waals surface area (Å²) in [6.07, 6.45) is -0.320. The van der Waals surface area contributed by atoms with Gasteiger partial charge in [-0.25, -0.2) is 4.79 Å². The lowest BCUT2D eigenvalue weighted by atomic mass is 10.2. The second-order valence-electron chi connectivity index (χ2n) is 5.51. The van der Waals surface area contributed by atoms with Gasteiger partial charge in [0.15, 0.2) is 18.1 Å². The topological polar surface area (TPSA) is 73.9 Å². The molecule has 0 saturated heterocycles. The maximum atomic E-state index is 11.9. The van der Waals surface area contributed by atoms with Crippen molar-refractivity contribution in [2.24, 2.45) is 0 Å². The smallest absolute Gasteiger partial charge is 0.338 e. The Morgan fingerprint density at radius 2 is 1.88 bits per heavy atom. The van der Waals surface area contributed by atoms with Gasteiger partial charge in [0, 0.05) is 0 Å². The minimum absolute atomic E-state index is 0.216. The van der Waals surface area contributed by atoms with Crippen molar-refractivity contribution in [3.05, 3.63) is 58.1 Å². The zero-order chi connectivity index (χ0) is 18.5. The van der Waals surface area contributed by atoms with Crippen LogP contribution in [0, 0.1) is 0 Å². The van der Waals surface area contributed by atoms with Crippen LogP contribution in [0.5, 0.6) is 11.5 Å². The van der Waals surface area contributed by atoms with Crippen LogP contribution in [0.2, 0.25) is 10.0 Å². The van der Waals surface area contributed by atoms with E-state index in [1.165, 1.54) is 18.2 Å². The van der Waals surface area contributed by atoms with E-state index in [4.69, 9.17) is 37.4 Å². The Hall–Kier alpha value is -2.44. The molecule has 2 aromatic carbocycles. The van der Waals surface area contributed by atoms with E-state index < -0.39 is 18.5 Å². The summed E-state index contributed by atoms with van der Waals surface area (Å²) < 4.78 is 16.2. The third-order valence-corrected chi connectivity index (χ3v) is 4.32. The molecule has 0 spiro atoms. The maximum absolute atomic E-state index is 11.9. The molecule has 2 aromatic rings. The molecular formula is C18H15Cl2NO5. The van der Waals surface area contributed by atoms with Gasteiger partial charge in [0.25, 0.3) is 5.91 Å². The summed E-state index contributed by atoms with van der Waals surface area (Å²) in [7, 11) is 0. The van der Waals surface area contributed by atoms with Gasteiger partial charge in [0.2, 0.25) is 0 Å². The number of halogens is 2. The molecular weight excluding hydrogens is 381 g/mol. The quantitative estimate of drug-likeness (QED) is 0.787. The predicted molar refractivity (Wildman–Crippen MR) is 96.1 cm³/mol. The molecule has 1 atom stereocenters. The third-order valence-electron chi connectivity index (χ3n) is 3.58. The first-order valence-corrected chi connectivity index (χ1v) is 8.56. The monoisotopic (exact) mass is 395 g/mol. The standard InChI is InChI=1S/C18H15Cl2NO5/c19-13-6-5-11(7-14(13)20)18(23)25-10-17(22)21-8-12-9-24-15-3-1-2-4-16(15)26-12/h1-7,12H,8-10H2,(H,21,22)/t12-/m1/s1. The lowest BCUT2D eigenvalue weighted by Gasteiger charge is -2.26. The average Bonchev–Trinajstić information content (AvgIpc) is 2.66. The fourth-order valence-corrected chi connectivity index (χ4v) is 2.58. The fraction of sp³-hybridized carbons (Fsp3) is 0.222. The SMILES string of the molecule is O=C(COC(=O)c1ccc(Cl)c(Cl)c1)NC[C@@H]1COc2ccccc2O1. The van der Waals surface area contributed by atoms with Crippen molar-refractivity contribution < 1.29 is 23.8 Å². The second kappa shape index (κ2) is 8.29.